The number of aryl methyl sites for hydroxylation is 1. The van der Waals surface area contributed by atoms with E-state index in [0.29, 0.717) is 5.82 Å². The van der Waals surface area contributed by atoms with Gasteiger partial charge in [-0.3, -0.25) is 0 Å². The molecule has 2 aromatic rings. The van der Waals surface area contributed by atoms with Gasteiger partial charge in [-0.15, -0.1) is 0 Å². The summed E-state index contributed by atoms with van der Waals surface area (Å²) in [4.78, 5) is 3.91. The average Bonchev–Trinajstić information content (AvgIpc) is 2.76. The molecule has 0 radical (unpaired) electrons. The molecule has 5 nitrogen and oxygen atoms in total. The van der Waals surface area contributed by atoms with Gasteiger partial charge in [-0.05, 0) is 19.1 Å². The van der Waals surface area contributed by atoms with Crippen molar-refractivity contribution in [2.45, 2.75) is 20.1 Å². The Morgan fingerprint density at radius 2 is 2.06 bits per heavy atom. The molecule has 0 aliphatic rings. The van der Waals surface area contributed by atoms with Crippen molar-refractivity contribution >= 4 is 0 Å². The summed E-state index contributed by atoms with van der Waals surface area (Å²) in [6, 6.07) is 7.68. The van der Waals surface area contributed by atoms with Crippen LogP contribution in [-0.2, 0) is 13.2 Å². The fraction of sp³-hybridized carbons (Fsp3) is 0.273. The molecule has 0 amide bonds. The Hall–Kier alpha value is -1.88. The third kappa shape index (κ3) is 2.58. The first-order chi connectivity index (χ1) is 7.78. The highest BCUT2D eigenvalue weighted by Crippen LogP contribution is 2.12. The van der Waals surface area contributed by atoms with E-state index in [1.807, 2.05) is 31.2 Å². The molecule has 2 rings (SSSR count). The maximum absolute atomic E-state index is 8.73. The maximum atomic E-state index is 8.73. The van der Waals surface area contributed by atoms with Crippen LogP contribution in [0.4, 0.5) is 0 Å². The first-order valence-corrected chi connectivity index (χ1v) is 4.90. The molecule has 0 atom stereocenters. The van der Waals surface area contributed by atoms with E-state index in [4.69, 9.17) is 14.4 Å². The van der Waals surface area contributed by atoms with Gasteiger partial charge in [0.15, 0.2) is 6.61 Å². The number of nitrogens with zero attached hydrogens (tertiary/aromatic N) is 2. The van der Waals surface area contributed by atoms with Gasteiger partial charge >= 0.3 is 0 Å². The van der Waals surface area contributed by atoms with E-state index in [0.717, 1.165) is 5.75 Å². The minimum absolute atomic E-state index is 0.197. The summed E-state index contributed by atoms with van der Waals surface area (Å²) in [5.41, 5.74) is 1.18. The molecule has 0 unspecified atom stereocenters. The molecule has 0 bridgehead atoms. The largest absolute Gasteiger partial charge is 0.485 e. The zero-order valence-electron chi connectivity index (χ0n) is 8.88. The molecule has 0 aliphatic heterocycles. The van der Waals surface area contributed by atoms with Gasteiger partial charge in [0.05, 0.1) is 0 Å². The molecule has 1 N–H and O–H groups in total. The molecule has 1 heterocycles. The average molecular weight is 220 g/mol. The maximum Gasteiger partial charge on any atom is 0.252 e. The van der Waals surface area contributed by atoms with E-state index in [-0.39, 0.29) is 19.1 Å². The summed E-state index contributed by atoms with van der Waals surface area (Å²) in [5.74, 6) is 1.37. The van der Waals surface area contributed by atoms with Crippen LogP contribution in [0.15, 0.2) is 28.8 Å². The molecule has 0 aliphatic carbocycles. The Labute approximate surface area is 92.7 Å². The van der Waals surface area contributed by atoms with Gasteiger partial charge in [0.2, 0.25) is 5.82 Å². The molecule has 84 valence electrons. The number of hydrogen-bond acceptors (Lipinski definition) is 5. The zero-order chi connectivity index (χ0) is 11.4. The first kappa shape index (κ1) is 10.6. The lowest BCUT2D eigenvalue weighted by atomic mass is 10.2. The molecular weight excluding hydrogens is 208 g/mol. The van der Waals surface area contributed by atoms with Gasteiger partial charge in [-0.2, -0.15) is 4.98 Å². The highest BCUT2D eigenvalue weighted by Gasteiger charge is 2.05. The van der Waals surface area contributed by atoms with Crippen molar-refractivity contribution in [2.24, 2.45) is 0 Å². The smallest absolute Gasteiger partial charge is 0.252 e. The predicted octanol–water partition coefficient (Wildman–Crippen LogP) is 1.45. The number of ether oxygens (including phenoxy) is 1. The SMILES string of the molecule is Cc1ccc(OCc2noc(CO)n2)cc1. The van der Waals surface area contributed by atoms with Crippen LogP contribution in [0.3, 0.4) is 0 Å². The van der Waals surface area contributed by atoms with Crippen molar-refractivity contribution in [3.63, 3.8) is 0 Å². The van der Waals surface area contributed by atoms with Crippen LogP contribution in [0.5, 0.6) is 5.75 Å². The van der Waals surface area contributed by atoms with Gasteiger partial charge in [0, 0.05) is 0 Å². The number of benzene rings is 1. The summed E-state index contributed by atoms with van der Waals surface area (Å²) in [5, 5.41) is 12.4. The van der Waals surface area contributed by atoms with E-state index < -0.39 is 0 Å². The summed E-state index contributed by atoms with van der Waals surface area (Å²) in [7, 11) is 0. The van der Waals surface area contributed by atoms with Crippen LogP contribution in [-0.4, -0.2) is 15.2 Å². The van der Waals surface area contributed by atoms with Crippen molar-refractivity contribution < 1.29 is 14.4 Å². The van der Waals surface area contributed by atoms with E-state index in [1.54, 1.807) is 0 Å². The minimum atomic E-state index is -0.252. The number of aliphatic hydroxyl groups is 1. The number of aromatic nitrogens is 2. The Balaban J connectivity index is 1.94. The summed E-state index contributed by atoms with van der Waals surface area (Å²) in [6.45, 7) is 1.99. The molecular formula is C11H12N2O3. The fourth-order valence-corrected chi connectivity index (χ4v) is 1.20. The molecule has 0 fully saturated rings. The van der Waals surface area contributed by atoms with Crippen molar-refractivity contribution in [3.05, 3.63) is 41.5 Å². The Kier molecular flexibility index (Phi) is 3.16. The number of aliphatic hydroxyl groups excluding tert-OH is 1. The molecule has 16 heavy (non-hydrogen) atoms. The van der Waals surface area contributed by atoms with Crippen molar-refractivity contribution in [3.8, 4) is 5.75 Å². The van der Waals surface area contributed by atoms with Crippen LogP contribution < -0.4 is 4.74 Å². The second-order valence-electron chi connectivity index (χ2n) is 3.36. The Morgan fingerprint density at radius 3 is 2.69 bits per heavy atom. The normalized spacial score (nSPS) is 10.4. The Morgan fingerprint density at radius 1 is 1.31 bits per heavy atom. The van der Waals surface area contributed by atoms with Crippen LogP contribution in [0.25, 0.3) is 0 Å². The Bertz CT molecular complexity index is 451. The van der Waals surface area contributed by atoms with Gasteiger partial charge in [0.1, 0.15) is 12.4 Å². The molecule has 0 saturated carbocycles. The summed E-state index contributed by atoms with van der Waals surface area (Å²) < 4.78 is 10.2. The van der Waals surface area contributed by atoms with Crippen molar-refractivity contribution in [1.29, 1.82) is 0 Å². The van der Waals surface area contributed by atoms with Gasteiger partial charge in [-0.1, -0.05) is 22.9 Å². The summed E-state index contributed by atoms with van der Waals surface area (Å²) >= 11 is 0. The number of rotatable bonds is 4. The quantitative estimate of drug-likeness (QED) is 0.844. The lowest BCUT2D eigenvalue weighted by molar-refractivity contribution is 0.221. The highest BCUT2D eigenvalue weighted by molar-refractivity contribution is 5.26. The molecule has 1 aromatic heterocycles. The number of hydrogen-bond donors (Lipinski definition) is 1. The molecule has 0 spiro atoms. The monoisotopic (exact) mass is 220 g/mol. The van der Waals surface area contributed by atoms with E-state index in [2.05, 4.69) is 10.1 Å². The minimum Gasteiger partial charge on any atom is -0.485 e. The molecule has 5 heteroatoms. The van der Waals surface area contributed by atoms with Crippen LogP contribution >= 0.6 is 0 Å². The lowest BCUT2D eigenvalue weighted by Gasteiger charge is -2.02. The topological polar surface area (TPSA) is 68.4 Å². The fourth-order valence-electron chi connectivity index (χ4n) is 1.20. The third-order valence-electron chi connectivity index (χ3n) is 2.03. The first-order valence-electron chi connectivity index (χ1n) is 4.90. The van der Waals surface area contributed by atoms with E-state index >= 15 is 0 Å². The third-order valence-corrected chi connectivity index (χ3v) is 2.03. The second-order valence-corrected chi connectivity index (χ2v) is 3.36. The van der Waals surface area contributed by atoms with Crippen LogP contribution in [0.1, 0.15) is 17.3 Å². The van der Waals surface area contributed by atoms with Crippen molar-refractivity contribution in [2.75, 3.05) is 0 Å². The van der Waals surface area contributed by atoms with E-state index in [1.165, 1.54) is 5.56 Å². The zero-order valence-corrected chi connectivity index (χ0v) is 8.88. The van der Waals surface area contributed by atoms with Crippen molar-refractivity contribution in [1.82, 2.24) is 10.1 Å². The molecule has 1 aromatic carbocycles. The van der Waals surface area contributed by atoms with Gasteiger partial charge in [-0.25, -0.2) is 0 Å². The lowest BCUT2D eigenvalue weighted by Crippen LogP contribution is -1.97. The van der Waals surface area contributed by atoms with Crippen LogP contribution in [0.2, 0.25) is 0 Å². The predicted molar refractivity (Wildman–Crippen MR) is 55.7 cm³/mol. The van der Waals surface area contributed by atoms with Gasteiger partial charge in [0.25, 0.3) is 5.89 Å². The molecule has 0 saturated heterocycles. The van der Waals surface area contributed by atoms with Gasteiger partial charge < -0.3 is 14.4 Å². The van der Waals surface area contributed by atoms with Crippen LogP contribution in [0, 0.1) is 6.92 Å². The standard InChI is InChI=1S/C11H12N2O3/c1-8-2-4-9(5-3-8)15-7-10-12-11(6-14)16-13-10/h2-5,14H,6-7H2,1H3. The highest BCUT2D eigenvalue weighted by atomic mass is 16.5. The summed E-state index contributed by atoms with van der Waals surface area (Å²) in [6.07, 6.45) is 0. The van der Waals surface area contributed by atoms with E-state index in [9.17, 15) is 0 Å². The second kappa shape index (κ2) is 4.76.